The first-order valence-corrected chi connectivity index (χ1v) is 16.0. The van der Waals surface area contributed by atoms with Gasteiger partial charge in [-0.05, 0) is 56.4 Å². The molecule has 2 atom stereocenters. The smallest absolute Gasteiger partial charge is 0.150 e. The van der Waals surface area contributed by atoms with Gasteiger partial charge in [-0.1, -0.05) is 0 Å². The van der Waals surface area contributed by atoms with E-state index in [-0.39, 0.29) is 30.2 Å². The van der Waals surface area contributed by atoms with Crippen LogP contribution in [0, 0.1) is 15.2 Å². The summed E-state index contributed by atoms with van der Waals surface area (Å²) in [4.78, 5) is 8.41. The Hall–Kier alpha value is -1.96. The molecule has 2 aliphatic heterocycles. The molecule has 7 nitrogen and oxygen atoms in total. The maximum atomic E-state index is 15.2. The molecule has 0 aliphatic carbocycles. The molecule has 2 saturated heterocycles. The Kier molecular flexibility index (Phi) is 6.47. The minimum Gasteiger partial charge on any atom is -0.483 e. The van der Waals surface area contributed by atoms with Gasteiger partial charge in [-0.15, -0.1) is 0 Å². The second-order valence-electron chi connectivity index (χ2n) is 7.94. The van der Waals surface area contributed by atoms with Gasteiger partial charge in [0.05, 0.1) is 29.8 Å². The van der Waals surface area contributed by atoms with Crippen LogP contribution in [0.1, 0.15) is 12.8 Å². The second kappa shape index (κ2) is 9.35. The highest BCUT2D eigenvalue weighted by molar-refractivity contribution is 14.2. The first-order chi connectivity index (χ1) is 15.9. The van der Waals surface area contributed by atoms with E-state index in [1.807, 2.05) is 0 Å². The summed E-state index contributed by atoms with van der Waals surface area (Å²) in [5.41, 5.74) is 0.771. The van der Waals surface area contributed by atoms with Crippen LogP contribution >= 0.6 is 19.3 Å². The molecule has 0 unspecified atom stereocenters. The van der Waals surface area contributed by atoms with Crippen molar-refractivity contribution in [3.63, 3.8) is 0 Å². The number of ether oxygens (including phenoxy) is 2. The molecule has 2 fully saturated rings. The minimum absolute atomic E-state index is 0.141. The summed E-state index contributed by atoms with van der Waals surface area (Å²) < 4.78 is 53.8. The molecule has 0 saturated carbocycles. The standard InChI is InChI=1S/C22H22F2IN3O4S/c23-13-3-4-16(19(7-13)32-20-11-31-10-18(20)29)28-22-21-15(24)8-14(9-17(21)26-12-27-22)25-33(30)5-1-2-6-33/h3-4,7-9,12,18,20,29H,1-2,5-6,10-11H2,(H,26,27,28)/t18-,20-/m0/s1. The molecule has 11 heteroatoms. The van der Waals surface area contributed by atoms with Gasteiger partial charge < -0.3 is 19.9 Å². The van der Waals surface area contributed by atoms with Crippen molar-refractivity contribution in [2.24, 2.45) is 0 Å². The second-order valence-corrected chi connectivity index (χ2v) is 17.7. The first kappa shape index (κ1) is 22.8. The predicted molar refractivity (Wildman–Crippen MR) is 130 cm³/mol. The largest absolute Gasteiger partial charge is 0.483 e. The van der Waals surface area contributed by atoms with Gasteiger partial charge in [0.2, 0.25) is 0 Å². The molecule has 2 aliphatic rings. The van der Waals surface area contributed by atoms with E-state index in [1.165, 1.54) is 30.6 Å². The van der Waals surface area contributed by atoms with Crippen LogP contribution in [-0.2, 0) is 11.3 Å². The van der Waals surface area contributed by atoms with E-state index in [2.05, 4.69) is 15.3 Å². The molecule has 0 amide bonds. The van der Waals surface area contributed by atoms with E-state index in [9.17, 15) is 13.7 Å². The van der Waals surface area contributed by atoms with Crippen LogP contribution in [0.5, 0.6) is 5.75 Å². The number of nitrogens with zero attached hydrogens (tertiary/aromatic N) is 2. The highest BCUT2D eigenvalue weighted by Crippen LogP contribution is 2.35. The fraction of sp³-hybridized carbons (Fsp3) is 0.364. The molecule has 33 heavy (non-hydrogen) atoms. The van der Waals surface area contributed by atoms with Crippen molar-refractivity contribution < 1.29 is 27.6 Å². The summed E-state index contributed by atoms with van der Waals surface area (Å²) in [5, 5.41) is 13.2. The third-order valence-electron chi connectivity index (χ3n) is 5.51. The Morgan fingerprint density at radius 3 is 2.73 bits per heavy atom. The fourth-order valence-corrected chi connectivity index (χ4v) is 13.2. The van der Waals surface area contributed by atoms with Gasteiger partial charge in [0.1, 0.15) is 35.6 Å². The van der Waals surface area contributed by atoms with E-state index in [4.69, 9.17) is 9.47 Å². The van der Waals surface area contributed by atoms with Crippen molar-refractivity contribution >= 4 is 48.2 Å². The fourth-order valence-electron chi connectivity index (χ4n) is 3.85. The number of rotatable bonds is 5. The van der Waals surface area contributed by atoms with Crippen molar-refractivity contribution in [3.8, 4) is 5.75 Å². The van der Waals surface area contributed by atoms with Gasteiger partial charge in [-0.25, -0.2) is 18.7 Å². The van der Waals surface area contributed by atoms with Gasteiger partial charge in [0, 0.05) is 27.7 Å². The molecule has 0 radical (unpaired) electrons. The molecule has 2 aromatic carbocycles. The van der Waals surface area contributed by atoms with Crippen LogP contribution in [0.25, 0.3) is 10.9 Å². The first-order valence-electron chi connectivity index (χ1n) is 10.5. The van der Waals surface area contributed by atoms with E-state index >= 15 is 4.39 Å². The van der Waals surface area contributed by atoms with E-state index in [0.717, 1.165) is 27.9 Å². The van der Waals surface area contributed by atoms with Gasteiger partial charge in [0.25, 0.3) is 0 Å². The summed E-state index contributed by atoms with van der Waals surface area (Å²) in [7, 11) is 0. The van der Waals surface area contributed by atoms with E-state index < -0.39 is 49.7 Å². The monoisotopic (exact) mass is 589 g/mol. The molecule has 3 aromatic rings. The maximum Gasteiger partial charge on any atom is 0.150 e. The number of benzene rings is 2. The number of fused-ring (bicyclic) bond motifs is 1. The Bertz CT molecular complexity index is 1320. The lowest BCUT2D eigenvalue weighted by molar-refractivity contribution is 0.0736. The van der Waals surface area contributed by atoms with Crippen molar-refractivity contribution in [2.75, 3.05) is 30.0 Å². The summed E-state index contributed by atoms with van der Waals surface area (Å²) in [6.07, 6.45) is 1.79. The molecule has 176 valence electrons. The zero-order chi connectivity index (χ0) is 23.0. The topological polar surface area (TPSA) is 93.6 Å². The highest BCUT2D eigenvalue weighted by Gasteiger charge is 2.29. The normalized spacial score (nSPS) is 22.0. The number of hydrogen-bond donors (Lipinski definition) is 2. The molecule has 2 N–H and O–H groups in total. The lowest BCUT2D eigenvalue weighted by Crippen LogP contribution is -2.30. The highest BCUT2D eigenvalue weighted by atomic mass is 127. The average molecular weight is 589 g/mol. The zero-order valence-electron chi connectivity index (χ0n) is 17.5. The quantitative estimate of drug-likeness (QED) is 0.436. The molecular formula is C22H22F2IN3O4S. The summed E-state index contributed by atoms with van der Waals surface area (Å²) in [6, 6.07) is 7.12. The molecule has 3 heterocycles. The molecule has 5 rings (SSSR count). The molecule has 0 bridgehead atoms. The minimum atomic E-state index is -1.88. The van der Waals surface area contributed by atoms with Crippen LogP contribution < -0.4 is 10.1 Å². The summed E-state index contributed by atoms with van der Waals surface area (Å²) in [5.74, 6) is 0.784. The van der Waals surface area contributed by atoms with Crippen LogP contribution in [0.4, 0.5) is 20.3 Å². The van der Waals surface area contributed by atoms with Crippen molar-refractivity contribution in [3.05, 3.63) is 51.9 Å². The SMILES string of the molecule is O=S1(=Ic2cc(F)c3c(Nc4ccc(F)cc4O[C@H]4COC[C@@H]4O)ncnc3c2)CCCC1. The predicted octanol–water partition coefficient (Wildman–Crippen LogP) is 3.92. The number of anilines is 2. The van der Waals surface area contributed by atoms with Crippen molar-refractivity contribution in [1.82, 2.24) is 9.97 Å². The molecular weight excluding hydrogens is 567 g/mol. The third-order valence-corrected chi connectivity index (χ3v) is 15.0. The number of hydrogen-bond acceptors (Lipinski definition) is 7. The number of halogens is 3. The van der Waals surface area contributed by atoms with Gasteiger partial charge >= 0.3 is 0 Å². The summed E-state index contributed by atoms with van der Waals surface area (Å²) >= 11 is -0.823. The third kappa shape index (κ3) is 4.96. The molecule has 0 spiro atoms. The maximum absolute atomic E-state index is 15.2. The Morgan fingerprint density at radius 1 is 1.15 bits per heavy atom. The number of aromatic nitrogens is 2. The van der Waals surface area contributed by atoms with Gasteiger partial charge in [-0.2, -0.15) is 0 Å². The number of aliphatic hydroxyl groups excluding tert-OH is 1. The summed E-state index contributed by atoms with van der Waals surface area (Å²) in [6.45, 7) is -1.56. The van der Waals surface area contributed by atoms with Crippen LogP contribution in [0.15, 0.2) is 36.7 Å². The van der Waals surface area contributed by atoms with Crippen LogP contribution in [0.2, 0.25) is 0 Å². The van der Waals surface area contributed by atoms with Crippen molar-refractivity contribution in [1.29, 1.82) is 0 Å². The number of nitrogens with one attached hydrogen (secondary N) is 1. The van der Waals surface area contributed by atoms with Gasteiger partial charge in [-0.3, -0.25) is 4.21 Å². The average Bonchev–Trinajstić information content (AvgIpc) is 3.38. The molecule has 1 aromatic heterocycles. The van der Waals surface area contributed by atoms with Crippen molar-refractivity contribution in [2.45, 2.75) is 25.0 Å². The van der Waals surface area contributed by atoms with E-state index in [1.54, 1.807) is 6.07 Å². The van der Waals surface area contributed by atoms with Crippen LogP contribution in [0.3, 0.4) is 0 Å². The Labute approximate surface area is 198 Å². The lowest BCUT2D eigenvalue weighted by Gasteiger charge is -2.19. The van der Waals surface area contributed by atoms with Gasteiger partial charge in [0.15, 0.2) is 6.10 Å². The Morgan fingerprint density at radius 2 is 1.97 bits per heavy atom. The Balaban J connectivity index is 1.50. The number of aliphatic hydroxyl groups is 1. The van der Waals surface area contributed by atoms with Crippen LogP contribution in [-0.4, -0.2) is 56.2 Å². The van der Waals surface area contributed by atoms with E-state index in [0.29, 0.717) is 11.2 Å². The lowest BCUT2D eigenvalue weighted by atomic mass is 10.2. The zero-order valence-corrected chi connectivity index (χ0v) is 20.4.